The molecule has 0 radical (unpaired) electrons. The number of Topliss-reactive ketones (excluding diaryl/α,β-unsaturated/α-hetero) is 1. The third-order valence-electron chi connectivity index (χ3n) is 4.91. The molecule has 0 aliphatic carbocycles. The molecular weight excluding hydrogens is 254 g/mol. The van der Waals surface area contributed by atoms with Crippen molar-refractivity contribution in [3.05, 3.63) is 29.3 Å². The molecule has 4 heteroatoms. The van der Waals surface area contributed by atoms with Crippen LogP contribution in [0.15, 0.2) is 18.2 Å². The fourth-order valence-electron chi connectivity index (χ4n) is 3.97. The monoisotopic (exact) mass is 271 g/mol. The van der Waals surface area contributed by atoms with Crippen molar-refractivity contribution in [3.63, 3.8) is 0 Å². The predicted molar refractivity (Wildman–Crippen MR) is 72.8 cm³/mol. The highest BCUT2D eigenvalue weighted by Crippen LogP contribution is 2.42. The molecule has 4 rings (SSSR count). The van der Waals surface area contributed by atoms with Crippen LogP contribution in [0.2, 0.25) is 0 Å². The first kappa shape index (κ1) is 11.9. The Balaban J connectivity index is 1.78. The van der Waals surface area contributed by atoms with Gasteiger partial charge in [0.25, 0.3) is 0 Å². The summed E-state index contributed by atoms with van der Waals surface area (Å²) in [6, 6.07) is 5.79. The van der Waals surface area contributed by atoms with Gasteiger partial charge in [0.05, 0.1) is 11.5 Å². The molecule has 3 heterocycles. The fraction of sp³-hybridized carbons (Fsp3) is 0.500. The molecule has 3 aliphatic rings. The van der Waals surface area contributed by atoms with Crippen LogP contribution in [0, 0.1) is 12.8 Å². The molecule has 3 aliphatic heterocycles. The lowest BCUT2D eigenvalue weighted by atomic mass is 9.78. The molecule has 0 aromatic heterocycles. The van der Waals surface area contributed by atoms with Crippen LogP contribution < -0.4 is 4.74 Å². The smallest absolute Gasteiger partial charge is 0.222 e. The number of fused-ring (bicyclic) bond motifs is 4. The first-order chi connectivity index (χ1) is 9.66. The number of aryl methyl sites for hydroxylation is 1. The number of hydrogen-bond donors (Lipinski definition) is 0. The fourth-order valence-corrected chi connectivity index (χ4v) is 3.97. The molecule has 20 heavy (non-hydrogen) atoms. The van der Waals surface area contributed by atoms with Gasteiger partial charge in [0.1, 0.15) is 11.9 Å². The highest BCUT2D eigenvalue weighted by molar-refractivity contribution is 6.04. The molecule has 0 spiro atoms. The van der Waals surface area contributed by atoms with Gasteiger partial charge in [-0.15, -0.1) is 0 Å². The van der Waals surface area contributed by atoms with Gasteiger partial charge in [-0.2, -0.15) is 0 Å². The standard InChI is InChI=1S/C16H17NO3/c1-9-3-2-4-11-14(9)16(19)15-10-5-6-13(18)17(10)8-7-12(15)20-11/h2-4,10,12,15H,5-8H2,1H3/t10-,12-,15-/m1/s1. The number of piperidine rings is 1. The summed E-state index contributed by atoms with van der Waals surface area (Å²) in [5.41, 5.74) is 1.68. The molecule has 104 valence electrons. The number of carbonyl (C=O) groups is 2. The maximum atomic E-state index is 12.9. The van der Waals surface area contributed by atoms with E-state index in [-0.39, 0.29) is 29.8 Å². The zero-order valence-electron chi connectivity index (χ0n) is 11.5. The summed E-state index contributed by atoms with van der Waals surface area (Å²) in [6.45, 7) is 2.67. The Morgan fingerprint density at radius 1 is 1.25 bits per heavy atom. The van der Waals surface area contributed by atoms with Crippen molar-refractivity contribution >= 4 is 11.7 Å². The molecule has 4 nitrogen and oxygen atoms in total. The number of rotatable bonds is 0. The second kappa shape index (κ2) is 4.08. The van der Waals surface area contributed by atoms with E-state index in [4.69, 9.17) is 4.74 Å². The summed E-state index contributed by atoms with van der Waals surface area (Å²) in [6.07, 6.45) is 2.05. The number of hydrogen-bond acceptors (Lipinski definition) is 3. The number of ether oxygens (including phenoxy) is 1. The van der Waals surface area contributed by atoms with E-state index < -0.39 is 0 Å². The van der Waals surface area contributed by atoms with E-state index in [2.05, 4.69) is 0 Å². The van der Waals surface area contributed by atoms with Crippen molar-refractivity contribution in [3.8, 4) is 5.75 Å². The minimum atomic E-state index is -0.177. The summed E-state index contributed by atoms with van der Waals surface area (Å²) in [4.78, 5) is 26.7. The lowest BCUT2D eigenvalue weighted by Gasteiger charge is -2.44. The third kappa shape index (κ3) is 1.48. The van der Waals surface area contributed by atoms with Gasteiger partial charge in [0, 0.05) is 25.4 Å². The second-order valence-corrected chi connectivity index (χ2v) is 5.98. The minimum Gasteiger partial charge on any atom is -0.489 e. The maximum Gasteiger partial charge on any atom is 0.222 e. The normalized spacial score (nSPS) is 31.4. The van der Waals surface area contributed by atoms with Gasteiger partial charge in [-0.1, -0.05) is 12.1 Å². The van der Waals surface area contributed by atoms with Gasteiger partial charge in [-0.25, -0.2) is 0 Å². The van der Waals surface area contributed by atoms with Gasteiger partial charge < -0.3 is 9.64 Å². The number of benzene rings is 1. The molecule has 1 aromatic carbocycles. The Morgan fingerprint density at radius 3 is 2.95 bits per heavy atom. The van der Waals surface area contributed by atoms with Gasteiger partial charge in [-0.05, 0) is 25.0 Å². The van der Waals surface area contributed by atoms with Gasteiger partial charge in [-0.3, -0.25) is 9.59 Å². The molecular formula is C16H17NO3. The number of ketones is 1. The average molecular weight is 271 g/mol. The Hall–Kier alpha value is -1.84. The van der Waals surface area contributed by atoms with E-state index in [0.29, 0.717) is 12.2 Å². The minimum absolute atomic E-state index is 0.0431. The molecule has 2 saturated heterocycles. The van der Waals surface area contributed by atoms with E-state index in [9.17, 15) is 9.59 Å². The van der Waals surface area contributed by atoms with Gasteiger partial charge >= 0.3 is 0 Å². The summed E-state index contributed by atoms with van der Waals surface area (Å²) in [7, 11) is 0. The molecule has 0 N–H and O–H groups in total. The van der Waals surface area contributed by atoms with Crippen LogP contribution in [0.25, 0.3) is 0 Å². The predicted octanol–water partition coefficient (Wildman–Crippen LogP) is 1.95. The van der Waals surface area contributed by atoms with Crippen molar-refractivity contribution in [1.82, 2.24) is 4.90 Å². The Labute approximate surface area is 117 Å². The van der Waals surface area contributed by atoms with E-state index in [1.54, 1.807) is 0 Å². The van der Waals surface area contributed by atoms with Crippen molar-refractivity contribution in [1.29, 1.82) is 0 Å². The summed E-state index contributed by atoms with van der Waals surface area (Å²) in [5, 5.41) is 0. The highest BCUT2D eigenvalue weighted by atomic mass is 16.5. The van der Waals surface area contributed by atoms with Crippen molar-refractivity contribution in [2.24, 2.45) is 5.92 Å². The summed E-state index contributed by atoms with van der Waals surface area (Å²) in [5.74, 6) is 0.897. The topological polar surface area (TPSA) is 46.6 Å². The van der Waals surface area contributed by atoms with E-state index in [1.165, 1.54) is 0 Å². The van der Waals surface area contributed by atoms with E-state index in [1.807, 2.05) is 30.0 Å². The van der Waals surface area contributed by atoms with Crippen LogP contribution in [0.5, 0.6) is 5.75 Å². The molecule has 1 aromatic rings. The Bertz CT molecular complexity index is 610. The number of carbonyl (C=O) groups excluding carboxylic acids is 2. The zero-order chi connectivity index (χ0) is 13.9. The first-order valence-corrected chi connectivity index (χ1v) is 7.27. The van der Waals surface area contributed by atoms with Gasteiger partial charge in [0.15, 0.2) is 5.78 Å². The van der Waals surface area contributed by atoms with Crippen molar-refractivity contribution < 1.29 is 14.3 Å². The molecule has 0 bridgehead atoms. The van der Waals surface area contributed by atoms with E-state index >= 15 is 0 Å². The number of amides is 1. The zero-order valence-corrected chi connectivity index (χ0v) is 11.5. The average Bonchev–Trinajstić information content (AvgIpc) is 2.80. The number of nitrogens with zero attached hydrogens (tertiary/aromatic N) is 1. The lowest BCUT2D eigenvalue weighted by molar-refractivity contribution is -0.131. The largest absolute Gasteiger partial charge is 0.489 e. The lowest BCUT2D eigenvalue weighted by Crippen LogP contribution is -2.55. The quantitative estimate of drug-likeness (QED) is 0.724. The van der Waals surface area contributed by atoms with Crippen LogP contribution in [-0.2, 0) is 4.79 Å². The van der Waals surface area contributed by atoms with Gasteiger partial charge in [0.2, 0.25) is 5.91 Å². The van der Waals surface area contributed by atoms with Crippen molar-refractivity contribution in [2.45, 2.75) is 38.3 Å². The molecule has 1 amide bonds. The van der Waals surface area contributed by atoms with Crippen LogP contribution >= 0.6 is 0 Å². The molecule has 0 saturated carbocycles. The third-order valence-corrected chi connectivity index (χ3v) is 4.91. The van der Waals surface area contributed by atoms with E-state index in [0.717, 1.165) is 30.5 Å². The molecule has 3 atom stereocenters. The SMILES string of the molecule is Cc1cccc2c1C(=O)[C@@H]1[C@H]3CCC(=O)N3CC[C@H]1O2. The Morgan fingerprint density at radius 2 is 2.10 bits per heavy atom. The van der Waals surface area contributed by atoms with Crippen LogP contribution in [-0.4, -0.2) is 35.3 Å². The van der Waals surface area contributed by atoms with Crippen LogP contribution in [0.1, 0.15) is 35.2 Å². The molecule has 0 unspecified atom stereocenters. The molecule has 2 fully saturated rings. The highest BCUT2D eigenvalue weighted by Gasteiger charge is 2.50. The maximum absolute atomic E-state index is 12.9. The summed E-state index contributed by atoms with van der Waals surface area (Å²) < 4.78 is 6.07. The second-order valence-electron chi connectivity index (χ2n) is 5.98. The van der Waals surface area contributed by atoms with Crippen LogP contribution in [0.3, 0.4) is 0 Å². The summed E-state index contributed by atoms with van der Waals surface area (Å²) >= 11 is 0. The Kier molecular flexibility index (Phi) is 2.43. The van der Waals surface area contributed by atoms with Crippen LogP contribution in [0.4, 0.5) is 0 Å². The first-order valence-electron chi connectivity index (χ1n) is 7.27. The van der Waals surface area contributed by atoms with Crippen molar-refractivity contribution in [2.75, 3.05) is 6.54 Å².